The van der Waals surface area contributed by atoms with Crippen molar-refractivity contribution in [1.29, 1.82) is 0 Å². The minimum absolute atomic E-state index is 0.0771. The largest absolute Gasteiger partial charge is 0.493 e. The summed E-state index contributed by atoms with van der Waals surface area (Å²) in [4.78, 5) is 39.7. The molecule has 11 nitrogen and oxygen atoms in total. The van der Waals surface area contributed by atoms with E-state index in [1.54, 1.807) is 10.7 Å². The van der Waals surface area contributed by atoms with Gasteiger partial charge in [-0.15, -0.1) is 0 Å². The molecule has 0 spiro atoms. The van der Waals surface area contributed by atoms with Crippen LogP contribution in [-0.2, 0) is 11.8 Å². The second-order valence-electron chi connectivity index (χ2n) is 9.05. The molecule has 1 saturated carbocycles. The SMILES string of the molecule is COc1cc2ncnc(-c3cn(C)nc3-c3ccccc3)c2nc1NC(=O)[C@@H]1C[C@H]2C[C@H]2N1C(=O)O. The Balaban J connectivity index is 1.42. The van der Waals surface area contributed by atoms with Gasteiger partial charge in [0.15, 0.2) is 11.6 Å². The zero-order valence-electron chi connectivity index (χ0n) is 19.6. The number of carbonyl (C=O) groups excluding carboxylic acids is 1. The molecule has 4 heterocycles. The van der Waals surface area contributed by atoms with Crippen LogP contribution in [0.25, 0.3) is 33.5 Å². The number of aryl methyl sites for hydroxylation is 1. The number of piperidine rings is 1. The Morgan fingerprint density at radius 1 is 1.14 bits per heavy atom. The number of pyridine rings is 1. The lowest BCUT2D eigenvalue weighted by atomic mass is 10.0. The second-order valence-corrected chi connectivity index (χ2v) is 9.05. The van der Waals surface area contributed by atoms with Gasteiger partial charge in [-0.1, -0.05) is 30.3 Å². The van der Waals surface area contributed by atoms with Gasteiger partial charge in [0.2, 0.25) is 5.91 Å². The van der Waals surface area contributed by atoms with Crippen LogP contribution in [0, 0.1) is 5.92 Å². The van der Waals surface area contributed by atoms with Gasteiger partial charge in [0.05, 0.1) is 12.6 Å². The molecule has 3 aromatic heterocycles. The van der Waals surface area contributed by atoms with Crippen LogP contribution >= 0.6 is 0 Å². The second kappa shape index (κ2) is 8.29. The lowest BCUT2D eigenvalue weighted by molar-refractivity contribution is -0.120. The average Bonchev–Trinajstić information content (AvgIpc) is 3.35. The normalized spacial score (nSPS) is 20.3. The first-order chi connectivity index (χ1) is 17.4. The van der Waals surface area contributed by atoms with Gasteiger partial charge in [0.1, 0.15) is 29.3 Å². The summed E-state index contributed by atoms with van der Waals surface area (Å²) in [6, 6.07) is 10.6. The Hall–Kier alpha value is -4.54. The molecule has 1 saturated heterocycles. The molecule has 4 aromatic rings. The summed E-state index contributed by atoms with van der Waals surface area (Å²) in [5, 5.41) is 17.0. The van der Waals surface area contributed by atoms with Crippen molar-refractivity contribution in [3.8, 4) is 28.3 Å². The zero-order chi connectivity index (χ0) is 25.0. The molecule has 2 N–H and O–H groups in total. The van der Waals surface area contributed by atoms with E-state index in [9.17, 15) is 14.7 Å². The minimum Gasteiger partial charge on any atom is -0.493 e. The Bertz CT molecular complexity index is 1500. The molecule has 2 amide bonds. The van der Waals surface area contributed by atoms with Crippen LogP contribution in [0.3, 0.4) is 0 Å². The fourth-order valence-electron chi connectivity index (χ4n) is 5.05. The predicted molar refractivity (Wildman–Crippen MR) is 130 cm³/mol. The number of nitrogens with one attached hydrogen (secondary N) is 1. The standard InChI is InChI=1S/C25H23N7O4/c1-31-11-15(20(30-31)13-6-4-3-5-7-13)21-22-16(26-12-27-21)10-19(36-2)23(28-22)29-24(33)18-9-14-8-17(14)32(18)25(34)35/h3-7,10-12,14,17-18H,8-9H2,1-2H3,(H,34,35)(H,28,29,33)/t14-,17-,18+/m1/s1. The van der Waals surface area contributed by atoms with E-state index in [1.807, 2.05) is 43.6 Å². The lowest BCUT2D eigenvalue weighted by Gasteiger charge is -2.24. The number of likely N-dealkylation sites (tertiary alicyclic amines) is 1. The lowest BCUT2D eigenvalue weighted by Crippen LogP contribution is -2.45. The number of carboxylic acid groups (broad SMARTS) is 1. The van der Waals surface area contributed by atoms with Gasteiger partial charge in [-0.05, 0) is 18.8 Å². The zero-order valence-corrected chi connectivity index (χ0v) is 19.6. The number of anilines is 1. The first-order valence-corrected chi connectivity index (χ1v) is 11.6. The molecule has 1 aromatic carbocycles. The van der Waals surface area contributed by atoms with Crippen LogP contribution in [0.2, 0.25) is 0 Å². The summed E-state index contributed by atoms with van der Waals surface area (Å²) in [5.41, 5.74) is 3.98. The third-order valence-electron chi connectivity index (χ3n) is 6.80. The van der Waals surface area contributed by atoms with Crippen molar-refractivity contribution in [3.05, 3.63) is 48.9 Å². The van der Waals surface area contributed by atoms with Gasteiger partial charge in [0.25, 0.3) is 0 Å². The minimum atomic E-state index is -1.08. The van der Waals surface area contributed by atoms with Crippen molar-refractivity contribution >= 4 is 28.9 Å². The van der Waals surface area contributed by atoms with Gasteiger partial charge in [-0.3, -0.25) is 14.4 Å². The van der Waals surface area contributed by atoms with Crippen molar-refractivity contribution in [1.82, 2.24) is 29.6 Å². The van der Waals surface area contributed by atoms with Crippen LogP contribution in [0.4, 0.5) is 10.6 Å². The fourth-order valence-corrected chi connectivity index (χ4v) is 5.05. The number of ether oxygens (including phenoxy) is 1. The smallest absolute Gasteiger partial charge is 0.408 e. The van der Waals surface area contributed by atoms with E-state index < -0.39 is 18.0 Å². The number of benzene rings is 1. The topological polar surface area (TPSA) is 135 Å². The molecule has 36 heavy (non-hydrogen) atoms. The first kappa shape index (κ1) is 22.0. The third kappa shape index (κ3) is 3.60. The highest BCUT2D eigenvalue weighted by molar-refractivity contribution is 6.00. The molecule has 3 atom stereocenters. The van der Waals surface area contributed by atoms with E-state index in [0.717, 1.165) is 23.2 Å². The van der Waals surface area contributed by atoms with Crippen molar-refractivity contribution in [2.45, 2.75) is 24.9 Å². The molecule has 0 unspecified atom stereocenters. The predicted octanol–water partition coefficient (Wildman–Crippen LogP) is 3.18. The van der Waals surface area contributed by atoms with Crippen molar-refractivity contribution in [2.75, 3.05) is 12.4 Å². The molecule has 0 radical (unpaired) electrons. The monoisotopic (exact) mass is 485 g/mol. The summed E-state index contributed by atoms with van der Waals surface area (Å²) >= 11 is 0. The highest BCUT2D eigenvalue weighted by Gasteiger charge is 2.56. The Morgan fingerprint density at radius 3 is 2.69 bits per heavy atom. The van der Waals surface area contributed by atoms with E-state index in [-0.39, 0.29) is 17.8 Å². The number of nitrogens with zero attached hydrogens (tertiary/aromatic N) is 6. The number of fused-ring (bicyclic) bond motifs is 2. The summed E-state index contributed by atoms with van der Waals surface area (Å²) in [7, 11) is 3.31. The van der Waals surface area contributed by atoms with E-state index >= 15 is 0 Å². The maximum Gasteiger partial charge on any atom is 0.408 e. The first-order valence-electron chi connectivity index (χ1n) is 11.6. The van der Waals surface area contributed by atoms with E-state index in [0.29, 0.717) is 28.9 Å². The Morgan fingerprint density at radius 2 is 1.94 bits per heavy atom. The van der Waals surface area contributed by atoms with Gasteiger partial charge < -0.3 is 15.2 Å². The molecular formula is C25H23N7O4. The number of amides is 2. The fraction of sp³-hybridized carbons (Fsp3) is 0.280. The number of aromatic nitrogens is 5. The van der Waals surface area contributed by atoms with Crippen molar-refractivity contribution < 1.29 is 19.4 Å². The summed E-state index contributed by atoms with van der Waals surface area (Å²) in [5.74, 6) is 0.312. The molecule has 6 rings (SSSR count). The van der Waals surface area contributed by atoms with Crippen molar-refractivity contribution in [3.63, 3.8) is 0 Å². The van der Waals surface area contributed by atoms with E-state index in [4.69, 9.17) is 9.72 Å². The molecule has 0 bridgehead atoms. The highest BCUT2D eigenvalue weighted by atomic mass is 16.5. The quantitative estimate of drug-likeness (QED) is 0.440. The molecule has 2 aliphatic rings. The Labute approximate surface area is 205 Å². The number of carbonyl (C=O) groups is 2. The van der Waals surface area contributed by atoms with Gasteiger partial charge in [-0.2, -0.15) is 5.10 Å². The maximum absolute atomic E-state index is 13.1. The van der Waals surface area contributed by atoms with E-state index in [2.05, 4.69) is 20.4 Å². The number of hydrogen-bond donors (Lipinski definition) is 2. The third-order valence-corrected chi connectivity index (χ3v) is 6.80. The van der Waals surface area contributed by atoms with Gasteiger partial charge >= 0.3 is 6.09 Å². The van der Waals surface area contributed by atoms with Crippen LogP contribution in [0.15, 0.2) is 48.9 Å². The van der Waals surface area contributed by atoms with Crippen LogP contribution < -0.4 is 10.1 Å². The summed E-state index contributed by atoms with van der Waals surface area (Å²) in [6.45, 7) is 0. The highest BCUT2D eigenvalue weighted by Crippen LogP contribution is 2.48. The number of rotatable bonds is 5. The number of hydrogen-bond acceptors (Lipinski definition) is 7. The van der Waals surface area contributed by atoms with Crippen LogP contribution in [0.5, 0.6) is 5.75 Å². The van der Waals surface area contributed by atoms with Crippen molar-refractivity contribution in [2.24, 2.45) is 13.0 Å². The number of methoxy groups -OCH3 is 1. The summed E-state index contributed by atoms with van der Waals surface area (Å²) in [6.07, 6.45) is 3.55. The average molecular weight is 486 g/mol. The molecule has 1 aliphatic heterocycles. The Kier molecular flexibility index (Phi) is 5.06. The van der Waals surface area contributed by atoms with Gasteiger partial charge in [-0.25, -0.2) is 19.7 Å². The maximum atomic E-state index is 13.1. The molecule has 1 aliphatic carbocycles. The van der Waals surface area contributed by atoms with Crippen LogP contribution in [0.1, 0.15) is 12.8 Å². The summed E-state index contributed by atoms with van der Waals surface area (Å²) < 4.78 is 7.19. The van der Waals surface area contributed by atoms with Crippen LogP contribution in [-0.4, -0.2) is 65.9 Å². The molecule has 182 valence electrons. The molecular weight excluding hydrogens is 462 g/mol. The van der Waals surface area contributed by atoms with E-state index in [1.165, 1.54) is 18.3 Å². The van der Waals surface area contributed by atoms with Gasteiger partial charge in [0, 0.05) is 36.5 Å². The molecule has 11 heteroatoms. The molecule has 2 fully saturated rings.